The van der Waals surface area contributed by atoms with Gasteiger partial charge in [-0.1, -0.05) is 28.9 Å². The summed E-state index contributed by atoms with van der Waals surface area (Å²) in [6.45, 7) is 3.07. The lowest BCUT2D eigenvalue weighted by molar-refractivity contribution is 0.390. The largest absolute Gasteiger partial charge is 0.360 e. The first-order valence-corrected chi connectivity index (χ1v) is 9.04. The lowest BCUT2D eigenvalue weighted by Gasteiger charge is -2.08. The predicted molar refractivity (Wildman–Crippen MR) is 93.6 cm³/mol. The highest BCUT2D eigenvalue weighted by Crippen LogP contribution is 2.25. The smallest absolute Gasteiger partial charge is 0.268 e. The van der Waals surface area contributed by atoms with Crippen molar-refractivity contribution in [3.05, 3.63) is 52.9 Å². The highest BCUT2D eigenvalue weighted by atomic mass is 35.5. The van der Waals surface area contributed by atoms with Crippen molar-refractivity contribution in [1.29, 1.82) is 0 Å². The van der Waals surface area contributed by atoms with Crippen LogP contribution in [0.4, 0.5) is 17.3 Å². The summed E-state index contributed by atoms with van der Waals surface area (Å²) < 4.78 is 32.1. The lowest BCUT2D eigenvalue weighted by Crippen LogP contribution is -2.15. The van der Waals surface area contributed by atoms with E-state index >= 15 is 0 Å². The molecule has 25 heavy (non-hydrogen) atoms. The second-order valence-electron chi connectivity index (χ2n) is 5.17. The van der Waals surface area contributed by atoms with Crippen molar-refractivity contribution in [2.75, 3.05) is 10.0 Å². The van der Waals surface area contributed by atoms with Crippen LogP contribution in [0.2, 0.25) is 5.02 Å². The zero-order valence-electron chi connectivity index (χ0n) is 13.3. The summed E-state index contributed by atoms with van der Waals surface area (Å²) in [6, 6.07) is 10.2. The van der Waals surface area contributed by atoms with Gasteiger partial charge < -0.3 is 9.84 Å². The van der Waals surface area contributed by atoms with Gasteiger partial charge in [-0.3, -0.25) is 4.72 Å². The maximum absolute atomic E-state index is 12.4. The Hall–Kier alpha value is -2.65. The quantitative estimate of drug-likeness (QED) is 0.699. The fourth-order valence-electron chi connectivity index (χ4n) is 2.20. The minimum atomic E-state index is -3.86. The molecule has 0 saturated carbocycles. The summed E-state index contributed by atoms with van der Waals surface area (Å²) in [5, 5.41) is 15.0. The van der Waals surface area contributed by atoms with Crippen LogP contribution in [0.5, 0.6) is 0 Å². The van der Waals surface area contributed by atoms with E-state index in [2.05, 4.69) is 25.4 Å². The zero-order valence-corrected chi connectivity index (χ0v) is 14.9. The second-order valence-corrected chi connectivity index (χ2v) is 7.19. The molecule has 0 atom stereocenters. The third-order valence-electron chi connectivity index (χ3n) is 3.28. The van der Waals surface area contributed by atoms with Crippen LogP contribution in [-0.4, -0.2) is 23.8 Å². The van der Waals surface area contributed by atoms with Crippen LogP contribution in [0.3, 0.4) is 0 Å². The van der Waals surface area contributed by atoms with Crippen molar-refractivity contribution in [2.24, 2.45) is 0 Å². The first kappa shape index (κ1) is 17.2. The molecule has 0 saturated heterocycles. The van der Waals surface area contributed by atoms with Gasteiger partial charge in [0.15, 0.2) is 22.3 Å². The topological polar surface area (TPSA) is 110 Å². The molecule has 0 fully saturated rings. The molecule has 0 spiro atoms. The normalized spacial score (nSPS) is 11.3. The van der Waals surface area contributed by atoms with Gasteiger partial charge in [0.1, 0.15) is 5.69 Å². The van der Waals surface area contributed by atoms with E-state index in [-0.39, 0.29) is 22.2 Å². The van der Waals surface area contributed by atoms with E-state index in [1.807, 2.05) is 12.1 Å². The van der Waals surface area contributed by atoms with Crippen molar-refractivity contribution < 1.29 is 12.9 Å². The Morgan fingerprint density at radius 3 is 2.32 bits per heavy atom. The predicted octanol–water partition coefficient (Wildman–Crippen LogP) is 3.28. The number of anilines is 3. The summed E-state index contributed by atoms with van der Waals surface area (Å²) in [7, 11) is -3.86. The monoisotopic (exact) mass is 379 g/mol. The number of nitrogens with one attached hydrogen (secondary N) is 2. The van der Waals surface area contributed by atoms with Gasteiger partial charge in [0.2, 0.25) is 0 Å². The highest BCUT2D eigenvalue weighted by Gasteiger charge is 2.24. The van der Waals surface area contributed by atoms with E-state index in [9.17, 15) is 8.42 Å². The summed E-state index contributed by atoms with van der Waals surface area (Å²) in [6.07, 6.45) is 0. The molecule has 0 amide bonds. The number of para-hydroxylation sites is 1. The second kappa shape index (κ2) is 6.69. The van der Waals surface area contributed by atoms with E-state index in [1.165, 1.54) is 13.0 Å². The van der Waals surface area contributed by atoms with E-state index in [1.54, 1.807) is 25.1 Å². The molecule has 0 radical (unpaired) electrons. The van der Waals surface area contributed by atoms with Gasteiger partial charge >= 0.3 is 0 Å². The molecule has 0 unspecified atom stereocenters. The molecule has 0 aliphatic heterocycles. The third kappa shape index (κ3) is 3.72. The first-order valence-electron chi connectivity index (χ1n) is 7.18. The summed E-state index contributed by atoms with van der Waals surface area (Å²) in [5.74, 6) is 0.702. The average Bonchev–Trinajstić information content (AvgIpc) is 2.91. The zero-order chi connectivity index (χ0) is 18.0. The number of aryl methyl sites for hydroxylation is 2. The molecule has 2 heterocycles. The molecule has 10 heteroatoms. The number of benzene rings is 1. The van der Waals surface area contributed by atoms with Crippen LogP contribution in [0.1, 0.15) is 11.5 Å². The van der Waals surface area contributed by atoms with Crippen LogP contribution in [0.15, 0.2) is 45.8 Å². The van der Waals surface area contributed by atoms with Gasteiger partial charge in [-0.15, -0.1) is 10.2 Å². The number of rotatable bonds is 5. The fourth-order valence-corrected chi connectivity index (χ4v) is 3.71. The number of aromatic nitrogens is 3. The maximum atomic E-state index is 12.4. The van der Waals surface area contributed by atoms with Crippen LogP contribution in [-0.2, 0) is 10.0 Å². The maximum Gasteiger partial charge on any atom is 0.268 e. The molecule has 130 valence electrons. The molecule has 0 bridgehead atoms. The van der Waals surface area contributed by atoms with Crippen LogP contribution in [0.25, 0.3) is 0 Å². The summed E-state index contributed by atoms with van der Waals surface area (Å²) in [4.78, 5) is -0.00688. The standard InChI is InChI=1S/C15H14ClN5O3S/c1-9-15(10(2)24-20-9)25(22,23)21-14-8-7-13(18-19-14)17-12-6-4-3-5-11(12)16/h3-8H,1-2H3,(H,17,18)(H,19,21). The van der Waals surface area contributed by atoms with Gasteiger partial charge in [0.05, 0.1) is 10.7 Å². The minimum absolute atomic E-state index is 0.00688. The van der Waals surface area contributed by atoms with Gasteiger partial charge in [-0.2, -0.15) is 0 Å². The Morgan fingerprint density at radius 2 is 1.72 bits per heavy atom. The SMILES string of the molecule is Cc1noc(C)c1S(=O)(=O)Nc1ccc(Nc2ccccc2Cl)nn1. The molecule has 1 aromatic carbocycles. The molecule has 0 aliphatic carbocycles. The van der Waals surface area contributed by atoms with Crippen LogP contribution in [0, 0.1) is 13.8 Å². The first-order chi connectivity index (χ1) is 11.9. The Bertz CT molecular complexity index is 983. The number of hydrogen-bond acceptors (Lipinski definition) is 7. The van der Waals surface area contributed by atoms with E-state index in [4.69, 9.17) is 16.1 Å². The Morgan fingerprint density at radius 1 is 1.04 bits per heavy atom. The Labute approximate surface area is 149 Å². The molecule has 8 nitrogen and oxygen atoms in total. The molecule has 3 aromatic rings. The Kier molecular flexibility index (Phi) is 4.60. The summed E-state index contributed by atoms with van der Waals surface area (Å²) >= 11 is 6.06. The Balaban J connectivity index is 1.78. The van der Waals surface area contributed by atoms with E-state index in [0.29, 0.717) is 16.5 Å². The lowest BCUT2D eigenvalue weighted by atomic mass is 10.3. The molecular formula is C15H14ClN5O3S. The molecule has 2 aromatic heterocycles. The number of hydrogen-bond donors (Lipinski definition) is 2. The van der Waals surface area contributed by atoms with Crippen molar-refractivity contribution >= 4 is 38.9 Å². The van der Waals surface area contributed by atoms with Crippen molar-refractivity contribution in [1.82, 2.24) is 15.4 Å². The van der Waals surface area contributed by atoms with Crippen molar-refractivity contribution in [2.45, 2.75) is 18.7 Å². The van der Waals surface area contributed by atoms with Crippen molar-refractivity contribution in [3.63, 3.8) is 0 Å². The molecule has 3 rings (SSSR count). The van der Waals surface area contributed by atoms with Gasteiger partial charge in [0.25, 0.3) is 10.0 Å². The van der Waals surface area contributed by atoms with Crippen LogP contribution >= 0.6 is 11.6 Å². The number of halogens is 1. The summed E-state index contributed by atoms with van der Waals surface area (Å²) in [5.41, 5.74) is 0.942. The molecule has 0 aliphatic rings. The number of sulfonamides is 1. The van der Waals surface area contributed by atoms with Gasteiger partial charge in [0, 0.05) is 0 Å². The minimum Gasteiger partial charge on any atom is -0.360 e. The highest BCUT2D eigenvalue weighted by molar-refractivity contribution is 7.92. The van der Waals surface area contributed by atoms with E-state index in [0.717, 1.165) is 0 Å². The van der Waals surface area contributed by atoms with Gasteiger partial charge in [-0.25, -0.2) is 8.42 Å². The molecular weight excluding hydrogens is 366 g/mol. The fraction of sp³-hybridized carbons (Fsp3) is 0.133. The van der Waals surface area contributed by atoms with E-state index < -0.39 is 10.0 Å². The van der Waals surface area contributed by atoms with Crippen molar-refractivity contribution in [3.8, 4) is 0 Å². The van der Waals surface area contributed by atoms with Crippen LogP contribution < -0.4 is 10.0 Å². The number of nitrogens with zero attached hydrogens (tertiary/aromatic N) is 3. The average molecular weight is 380 g/mol. The van der Waals surface area contributed by atoms with Gasteiger partial charge in [-0.05, 0) is 38.1 Å². The third-order valence-corrected chi connectivity index (χ3v) is 5.20. The molecule has 2 N–H and O–H groups in total.